The lowest BCUT2D eigenvalue weighted by Crippen LogP contribution is -2.21. The summed E-state index contributed by atoms with van der Waals surface area (Å²) in [4.78, 5) is 17.7. The molecule has 0 fully saturated rings. The molecule has 0 bridgehead atoms. The molecule has 0 saturated carbocycles. The van der Waals surface area contributed by atoms with Crippen molar-refractivity contribution in [2.75, 3.05) is 5.32 Å². The van der Waals surface area contributed by atoms with Crippen LogP contribution in [0.25, 0.3) is 22.0 Å². The molecule has 0 spiro atoms. The Kier molecular flexibility index (Phi) is 7.58. The van der Waals surface area contributed by atoms with Crippen LogP contribution >= 0.6 is 11.6 Å². The van der Waals surface area contributed by atoms with Crippen LogP contribution in [-0.2, 0) is 14.8 Å². The van der Waals surface area contributed by atoms with Crippen molar-refractivity contribution < 1.29 is 31.5 Å². The van der Waals surface area contributed by atoms with Crippen LogP contribution in [0.1, 0.15) is 0 Å². The number of alkyl halides is 3. The molecule has 0 amide bonds. The maximum Gasteiger partial charge on any atom is 0.490 e. The molecule has 0 aliphatic carbocycles. The number of pyridine rings is 2. The lowest BCUT2D eigenvalue weighted by Gasteiger charge is -2.10. The van der Waals surface area contributed by atoms with Gasteiger partial charge in [0.1, 0.15) is 5.82 Å². The highest BCUT2D eigenvalue weighted by Gasteiger charge is 2.38. The number of carbonyl (C=O) groups is 1. The van der Waals surface area contributed by atoms with Crippen LogP contribution in [0.5, 0.6) is 0 Å². The number of sulfonamides is 1. The SMILES string of the molecule is NS(=O)(=O)c1ccc(-c2cnc3cccc(Nc4ccc(Cl)cn4)c3c2)cc1.O=C(O)C(F)(F)F. The van der Waals surface area contributed by atoms with E-state index in [-0.39, 0.29) is 4.90 Å². The molecular formula is C22H16ClF3N4O4S. The van der Waals surface area contributed by atoms with Gasteiger partial charge in [0.2, 0.25) is 10.0 Å². The fourth-order valence-electron chi connectivity index (χ4n) is 2.84. The second-order valence-corrected chi connectivity index (χ2v) is 8.95. The fraction of sp³-hybridized carbons (Fsp3) is 0.0455. The Morgan fingerprint density at radius 1 is 0.971 bits per heavy atom. The first-order valence-corrected chi connectivity index (χ1v) is 11.5. The predicted molar refractivity (Wildman–Crippen MR) is 125 cm³/mol. The Morgan fingerprint density at radius 3 is 2.17 bits per heavy atom. The third kappa shape index (κ3) is 6.88. The van der Waals surface area contributed by atoms with Gasteiger partial charge >= 0.3 is 12.1 Å². The largest absolute Gasteiger partial charge is 0.490 e. The Labute approximate surface area is 202 Å². The zero-order valence-corrected chi connectivity index (χ0v) is 19.1. The summed E-state index contributed by atoms with van der Waals surface area (Å²) >= 11 is 5.89. The van der Waals surface area contributed by atoms with Crippen molar-refractivity contribution in [2.45, 2.75) is 11.1 Å². The lowest BCUT2D eigenvalue weighted by atomic mass is 10.0. The van der Waals surface area contributed by atoms with Crippen molar-refractivity contribution in [1.29, 1.82) is 0 Å². The van der Waals surface area contributed by atoms with Crippen molar-refractivity contribution in [3.05, 3.63) is 78.1 Å². The Balaban J connectivity index is 0.000000429. The number of rotatable bonds is 4. The standard InChI is InChI=1S/C20H15ClN4O2S.C2HF3O2/c21-15-6-9-20(24-12-15)25-19-3-1-2-18-17(19)10-14(11-23-18)13-4-7-16(8-5-13)28(22,26)27;3-2(4,5)1(6)7/h1-12H,(H,24,25)(H2,22,26,27);(H,6,7). The molecule has 2 aromatic heterocycles. The Morgan fingerprint density at radius 2 is 1.63 bits per heavy atom. The molecule has 0 radical (unpaired) electrons. The minimum Gasteiger partial charge on any atom is -0.475 e. The van der Waals surface area contributed by atoms with Gasteiger partial charge in [-0.05, 0) is 48.0 Å². The molecule has 0 aliphatic rings. The van der Waals surface area contributed by atoms with E-state index < -0.39 is 22.2 Å². The molecule has 8 nitrogen and oxygen atoms in total. The van der Waals surface area contributed by atoms with Gasteiger partial charge in [-0.25, -0.2) is 23.3 Å². The first kappa shape index (κ1) is 25.9. The van der Waals surface area contributed by atoms with Gasteiger partial charge in [0.25, 0.3) is 0 Å². The number of nitrogens with one attached hydrogen (secondary N) is 1. The number of carboxylic acid groups (broad SMARTS) is 1. The maximum absolute atomic E-state index is 11.4. The summed E-state index contributed by atoms with van der Waals surface area (Å²) in [5.74, 6) is -2.09. The second-order valence-electron chi connectivity index (χ2n) is 6.96. The number of aliphatic carboxylic acids is 1. The van der Waals surface area contributed by atoms with Gasteiger partial charge in [-0.3, -0.25) is 4.98 Å². The molecule has 4 aromatic rings. The molecule has 2 heterocycles. The average molecular weight is 525 g/mol. The van der Waals surface area contributed by atoms with E-state index in [2.05, 4.69) is 15.3 Å². The highest BCUT2D eigenvalue weighted by atomic mass is 35.5. The topological polar surface area (TPSA) is 135 Å². The lowest BCUT2D eigenvalue weighted by molar-refractivity contribution is -0.192. The van der Waals surface area contributed by atoms with Crippen LogP contribution < -0.4 is 10.5 Å². The smallest absolute Gasteiger partial charge is 0.475 e. The minimum atomic E-state index is -5.08. The third-order valence-electron chi connectivity index (χ3n) is 4.47. The van der Waals surface area contributed by atoms with Crippen molar-refractivity contribution in [3.8, 4) is 11.1 Å². The summed E-state index contributed by atoms with van der Waals surface area (Å²) in [5, 5.41) is 17.0. The predicted octanol–water partition coefficient (Wildman–Crippen LogP) is 4.97. The molecule has 0 unspecified atom stereocenters. The van der Waals surface area contributed by atoms with E-state index >= 15 is 0 Å². The number of hydrogen-bond donors (Lipinski definition) is 3. The number of fused-ring (bicyclic) bond motifs is 1. The molecule has 0 saturated heterocycles. The summed E-state index contributed by atoms with van der Waals surface area (Å²) in [6.07, 6.45) is -1.76. The summed E-state index contributed by atoms with van der Waals surface area (Å²) in [6, 6.07) is 17.7. The summed E-state index contributed by atoms with van der Waals surface area (Å²) < 4.78 is 54.6. The molecule has 4 rings (SSSR count). The van der Waals surface area contributed by atoms with Gasteiger partial charge in [0.05, 0.1) is 15.4 Å². The van der Waals surface area contributed by atoms with Crippen molar-refractivity contribution in [3.63, 3.8) is 0 Å². The summed E-state index contributed by atoms with van der Waals surface area (Å²) in [7, 11) is -3.72. The van der Waals surface area contributed by atoms with E-state index in [0.717, 1.165) is 27.7 Å². The van der Waals surface area contributed by atoms with Crippen molar-refractivity contribution >= 4 is 50.0 Å². The molecule has 4 N–H and O–H groups in total. The summed E-state index contributed by atoms with van der Waals surface area (Å²) in [5.41, 5.74) is 3.36. The number of nitrogens with zero attached hydrogens (tertiary/aromatic N) is 2. The second kappa shape index (κ2) is 10.3. The first-order valence-electron chi connectivity index (χ1n) is 9.55. The van der Waals surface area contributed by atoms with Crippen LogP contribution in [-0.4, -0.2) is 35.6 Å². The van der Waals surface area contributed by atoms with Crippen LogP contribution in [0.3, 0.4) is 0 Å². The molecular weight excluding hydrogens is 509 g/mol. The minimum absolute atomic E-state index is 0.0705. The number of nitrogens with two attached hydrogens (primary N) is 1. The molecule has 0 atom stereocenters. The zero-order chi connectivity index (χ0) is 25.8. The number of hydrogen-bond acceptors (Lipinski definition) is 6. The van der Waals surface area contributed by atoms with Crippen molar-refractivity contribution in [2.24, 2.45) is 5.14 Å². The van der Waals surface area contributed by atoms with Gasteiger partial charge < -0.3 is 10.4 Å². The quantitative estimate of drug-likeness (QED) is 0.343. The number of anilines is 2. The number of benzene rings is 2. The average Bonchev–Trinajstić information content (AvgIpc) is 2.80. The van der Waals surface area contributed by atoms with Gasteiger partial charge in [-0.15, -0.1) is 0 Å². The number of primary sulfonamides is 1. The van der Waals surface area contributed by atoms with E-state index in [1.54, 1.807) is 36.7 Å². The van der Waals surface area contributed by atoms with Crippen LogP contribution in [0.4, 0.5) is 24.7 Å². The van der Waals surface area contributed by atoms with E-state index in [9.17, 15) is 21.6 Å². The number of halogens is 4. The van der Waals surface area contributed by atoms with E-state index in [1.807, 2.05) is 24.3 Å². The normalized spacial score (nSPS) is 11.5. The van der Waals surface area contributed by atoms with E-state index in [4.69, 9.17) is 26.6 Å². The first-order chi connectivity index (χ1) is 16.3. The molecule has 0 aliphatic heterocycles. The van der Waals surface area contributed by atoms with Crippen LogP contribution in [0.2, 0.25) is 5.02 Å². The monoisotopic (exact) mass is 524 g/mol. The van der Waals surface area contributed by atoms with Crippen LogP contribution in [0, 0.1) is 0 Å². The fourth-order valence-corrected chi connectivity index (χ4v) is 3.47. The molecule has 182 valence electrons. The van der Waals surface area contributed by atoms with Crippen LogP contribution in [0.15, 0.2) is 78.0 Å². The van der Waals surface area contributed by atoms with Gasteiger partial charge in [-0.2, -0.15) is 13.2 Å². The van der Waals surface area contributed by atoms with Gasteiger partial charge in [0, 0.05) is 29.0 Å². The van der Waals surface area contributed by atoms with Gasteiger partial charge in [-0.1, -0.05) is 29.8 Å². The maximum atomic E-state index is 11.4. The van der Waals surface area contributed by atoms with E-state index in [1.165, 1.54) is 12.1 Å². The Hall–Kier alpha value is -3.74. The van der Waals surface area contributed by atoms with Crippen molar-refractivity contribution in [1.82, 2.24) is 9.97 Å². The highest BCUT2D eigenvalue weighted by molar-refractivity contribution is 7.89. The molecule has 2 aromatic carbocycles. The number of aromatic nitrogens is 2. The highest BCUT2D eigenvalue weighted by Crippen LogP contribution is 2.29. The van der Waals surface area contributed by atoms with E-state index in [0.29, 0.717) is 10.8 Å². The Bertz CT molecular complexity index is 1460. The zero-order valence-electron chi connectivity index (χ0n) is 17.5. The third-order valence-corrected chi connectivity index (χ3v) is 5.63. The molecule has 35 heavy (non-hydrogen) atoms. The number of carboxylic acids is 1. The molecule has 13 heteroatoms. The van der Waals surface area contributed by atoms with Gasteiger partial charge in [0.15, 0.2) is 0 Å². The summed E-state index contributed by atoms with van der Waals surface area (Å²) in [6.45, 7) is 0.